The molecule has 0 aliphatic heterocycles. The maximum Gasteiger partial charge on any atom is 0.127 e. The van der Waals surface area contributed by atoms with Gasteiger partial charge in [0, 0.05) is 29.0 Å². The third-order valence-corrected chi connectivity index (χ3v) is 3.57. The zero-order valence-corrected chi connectivity index (χ0v) is 12.4. The first-order valence-electron chi connectivity index (χ1n) is 6.69. The van der Waals surface area contributed by atoms with Crippen molar-refractivity contribution in [3.05, 3.63) is 64.2 Å². The number of aromatic nitrogens is 1. The van der Waals surface area contributed by atoms with Crippen molar-refractivity contribution in [3.63, 3.8) is 0 Å². The number of pyridine rings is 1. The van der Waals surface area contributed by atoms with Crippen molar-refractivity contribution in [2.75, 3.05) is 6.54 Å². The molecule has 0 saturated heterocycles. The minimum absolute atomic E-state index is 0.00167. The monoisotopic (exact) mass is 292 g/mol. The number of nitrogens with one attached hydrogen (secondary N) is 1. The number of aryl methyl sites for hydroxylation is 1. The minimum Gasteiger partial charge on any atom is -0.310 e. The second kappa shape index (κ2) is 6.82. The third-order valence-electron chi connectivity index (χ3n) is 3.22. The molecule has 106 valence electrons. The van der Waals surface area contributed by atoms with E-state index < -0.39 is 0 Å². The molecule has 0 amide bonds. The summed E-state index contributed by atoms with van der Waals surface area (Å²) in [5.74, 6) is -0.263. The van der Waals surface area contributed by atoms with Crippen LogP contribution in [0.15, 0.2) is 36.7 Å². The van der Waals surface area contributed by atoms with Crippen LogP contribution in [0.1, 0.15) is 29.7 Å². The zero-order valence-electron chi connectivity index (χ0n) is 11.7. The van der Waals surface area contributed by atoms with Gasteiger partial charge in [-0.2, -0.15) is 0 Å². The van der Waals surface area contributed by atoms with E-state index in [9.17, 15) is 4.39 Å². The number of halogens is 2. The lowest BCUT2D eigenvalue weighted by molar-refractivity contribution is 0.526. The Hall–Kier alpha value is -1.45. The molecule has 1 N–H and O–H groups in total. The van der Waals surface area contributed by atoms with E-state index in [0.717, 1.165) is 17.7 Å². The van der Waals surface area contributed by atoms with Gasteiger partial charge < -0.3 is 5.32 Å². The van der Waals surface area contributed by atoms with Gasteiger partial charge in [-0.1, -0.05) is 30.7 Å². The van der Waals surface area contributed by atoms with Gasteiger partial charge in [-0.25, -0.2) is 4.39 Å². The summed E-state index contributed by atoms with van der Waals surface area (Å²) < 4.78 is 13.9. The van der Waals surface area contributed by atoms with Gasteiger partial charge >= 0.3 is 0 Å². The predicted octanol–water partition coefficient (Wildman–Crippen LogP) is 4.08. The molecule has 20 heavy (non-hydrogen) atoms. The van der Waals surface area contributed by atoms with Crippen LogP contribution in [-0.4, -0.2) is 11.5 Å². The summed E-state index contributed by atoms with van der Waals surface area (Å²) in [6.07, 6.45) is 4.13. The van der Waals surface area contributed by atoms with Crippen LogP contribution in [0.2, 0.25) is 5.02 Å². The van der Waals surface area contributed by atoms with Crippen LogP contribution >= 0.6 is 11.6 Å². The van der Waals surface area contributed by atoms with Crippen molar-refractivity contribution in [3.8, 4) is 0 Å². The Balaban J connectivity index is 2.30. The highest BCUT2D eigenvalue weighted by molar-refractivity contribution is 6.31. The number of nitrogens with zero attached hydrogens (tertiary/aromatic N) is 1. The second-order valence-electron chi connectivity index (χ2n) is 4.81. The van der Waals surface area contributed by atoms with Gasteiger partial charge in [-0.05, 0) is 43.1 Å². The summed E-state index contributed by atoms with van der Waals surface area (Å²) in [7, 11) is 0. The average Bonchev–Trinajstić information content (AvgIpc) is 2.42. The summed E-state index contributed by atoms with van der Waals surface area (Å²) in [5.41, 5.74) is 2.68. The Kier molecular flexibility index (Phi) is 5.10. The number of hydrogen-bond acceptors (Lipinski definition) is 2. The van der Waals surface area contributed by atoms with Crippen LogP contribution in [0.25, 0.3) is 0 Å². The first-order chi connectivity index (χ1) is 9.61. The van der Waals surface area contributed by atoms with Crippen molar-refractivity contribution in [2.45, 2.75) is 26.3 Å². The molecule has 1 atom stereocenters. The van der Waals surface area contributed by atoms with Gasteiger partial charge in [0.1, 0.15) is 5.82 Å². The van der Waals surface area contributed by atoms with Gasteiger partial charge in [-0.15, -0.1) is 0 Å². The molecular weight excluding hydrogens is 275 g/mol. The average molecular weight is 293 g/mol. The Morgan fingerprint density at radius 1 is 1.35 bits per heavy atom. The molecule has 0 saturated carbocycles. The molecule has 2 nitrogen and oxygen atoms in total. The lowest BCUT2D eigenvalue weighted by Crippen LogP contribution is -2.23. The Morgan fingerprint density at radius 2 is 2.15 bits per heavy atom. The molecule has 0 spiro atoms. The quantitative estimate of drug-likeness (QED) is 0.898. The van der Waals surface area contributed by atoms with Crippen LogP contribution in [0.4, 0.5) is 4.39 Å². The van der Waals surface area contributed by atoms with Crippen molar-refractivity contribution in [2.24, 2.45) is 0 Å². The summed E-state index contributed by atoms with van der Waals surface area (Å²) in [4.78, 5) is 4.21. The zero-order chi connectivity index (χ0) is 14.5. The topological polar surface area (TPSA) is 24.9 Å². The molecule has 1 aromatic carbocycles. The van der Waals surface area contributed by atoms with Crippen molar-refractivity contribution in [1.82, 2.24) is 10.3 Å². The lowest BCUT2D eigenvalue weighted by atomic mass is 9.99. The largest absolute Gasteiger partial charge is 0.310 e. The normalized spacial score (nSPS) is 12.4. The number of rotatable bonds is 5. The summed E-state index contributed by atoms with van der Waals surface area (Å²) in [5, 5.41) is 3.83. The Labute approximate surface area is 124 Å². The van der Waals surface area contributed by atoms with E-state index in [2.05, 4.69) is 16.4 Å². The standard InChI is InChI=1S/C16H18ClFN2/c1-3-20-16(12-7-11(2)9-19-10-12)8-13-14(17)5-4-6-15(13)18/h4-7,9-10,16,20H,3,8H2,1-2H3. The molecule has 1 aromatic heterocycles. The maximum absolute atomic E-state index is 13.9. The molecule has 0 bridgehead atoms. The fraction of sp³-hybridized carbons (Fsp3) is 0.312. The summed E-state index contributed by atoms with van der Waals surface area (Å²) in [6.45, 7) is 4.82. The van der Waals surface area contributed by atoms with E-state index in [-0.39, 0.29) is 11.9 Å². The Bertz CT molecular complexity index is 566. The van der Waals surface area contributed by atoms with Crippen LogP contribution in [-0.2, 0) is 6.42 Å². The number of hydrogen-bond donors (Lipinski definition) is 1. The van der Waals surface area contributed by atoms with Crippen molar-refractivity contribution in [1.29, 1.82) is 0 Å². The molecule has 1 heterocycles. The Morgan fingerprint density at radius 3 is 2.80 bits per heavy atom. The van der Waals surface area contributed by atoms with Gasteiger partial charge in [0.25, 0.3) is 0 Å². The molecule has 1 unspecified atom stereocenters. The highest BCUT2D eigenvalue weighted by Gasteiger charge is 2.16. The highest BCUT2D eigenvalue weighted by Crippen LogP contribution is 2.25. The molecule has 2 rings (SSSR count). The van der Waals surface area contributed by atoms with Gasteiger partial charge in [0.2, 0.25) is 0 Å². The molecule has 0 radical (unpaired) electrons. The molecule has 0 fully saturated rings. The molecule has 0 aliphatic rings. The molecule has 0 aliphatic carbocycles. The second-order valence-corrected chi connectivity index (χ2v) is 5.22. The van der Waals surface area contributed by atoms with E-state index in [1.165, 1.54) is 6.07 Å². The maximum atomic E-state index is 13.9. The first kappa shape index (κ1) is 14.9. The van der Waals surface area contributed by atoms with E-state index in [1.54, 1.807) is 12.1 Å². The fourth-order valence-corrected chi connectivity index (χ4v) is 2.49. The van der Waals surface area contributed by atoms with Crippen LogP contribution in [0, 0.1) is 12.7 Å². The summed E-state index contributed by atoms with van der Waals surface area (Å²) in [6, 6.07) is 6.85. The predicted molar refractivity (Wildman–Crippen MR) is 80.5 cm³/mol. The van der Waals surface area contributed by atoms with Crippen LogP contribution in [0.5, 0.6) is 0 Å². The van der Waals surface area contributed by atoms with Gasteiger partial charge in [-0.3, -0.25) is 4.98 Å². The third kappa shape index (κ3) is 3.56. The molecule has 4 heteroatoms. The van der Waals surface area contributed by atoms with E-state index in [0.29, 0.717) is 17.0 Å². The molecule has 2 aromatic rings. The van der Waals surface area contributed by atoms with E-state index in [1.807, 2.05) is 26.2 Å². The van der Waals surface area contributed by atoms with E-state index in [4.69, 9.17) is 11.6 Å². The van der Waals surface area contributed by atoms with Crippen LogP contribution < -0.4 is 5.32 Å². The summed E-state index contributed by atoms with van der Waals surface area (Å²) >= 11 is 6.11. The van der Waals surface area contributed by atoms with Crippen LogP contribution in [0.3, 0.4) is 0 Å². The molecular formula is C16H18ClFN2. The lowest BCUT2D eigenvalue weighted by Gasteiger charge is -2.19. The minimum atomic E-state index is -0.263. The number of benzene rings is 1. The first-order valence-corrected chi connectivity index (χ1v) is 7.07. The van der Waals surface area contributed by atoms with Crippen molar-refractivity contribution >= 4 is 11.6 Å². The van der Waals surface area contributed by atoms with Gasteiger partial charge in [0.15, 0.2) is 0 Å². The SMILES string of the molecule is CCNC(Cc1c(F)cccc1Cl)c1cncc(C)c1. The highest BCUT2D eigenvalue weighted by atomic mass is 35.5. The number of likely N-dealkylation sites (N-methyl/N-ethyl adjacent to an activating group) is 1. The fourth-order valence-electron chi connectivity index (χ4n) is 2.25. The smallest absolute Gasteiger partial charge is 0.127 e. The van der Waals surface area contributed by atoms with E-state index >= 15 is 0 Å². The van der Waals surface area contributed by atoms with Crippen molar-refractivity contribution < 1.29 is 4.39 Å². The van der Waals surface area contributed by atoms with Gasteiger partial charge in [0.05, 0.1) is 0 Å².